The van der Waals surface area contributed by atoms with Gasteiger partial charge < -0.3 is 19.6 Å². The Labute approximate surface area is 124 Å². The monoisotopic (exact) mass is 292 g/mol. The minimum atomic E-state index is -0.560. The Hall–Kier alpha value is -2.24. The van der Waals surface area contributed by atoms with E-state index in [4.69, 9.17) is 14.7 Å². The van der Waals surface area contributed by atoms with Crippen LogP contribution in [0.2, 0.25) is 0 Å². The molecular formula is C15H20N2O4. The third-order valence-corrected chi connectivity index (χ3v) is 3.48. The molecule has 0 radical (unpaired) electrons. The highest BCUT2D eigenvalue weighted by Gasteiger charge is 2.23. The lowest BCUT2D eigenvalue weighted by Gasteiger charge is -2.23. The molecule has 6 heteroatoms. The predicted molar refractivity (Wildman–Crippen MR) is 78.3 cm³/mol. The molecule has 1 atom stereocenters. The van der Waals surface area contributed by atoms with Crippen molar-refractivity contribution >= 4 is 11.6 Å². The molecule has 1 N–H and O–H groups in total. The number of benzene rings is 1. The first-order valence-corrected chi connectivity index (χ1v) is 7.04. The number of carbonyl (C=O) groups is 1. The summed E-state index contributed by atoms with van der Waals surface area (Å²) >= 11 is 0. The van der Waals surface area contributed by atoms with Crippen molar-refractivity contribution in [2.75, 3.05) is 19.7 Å². The van der Waals surface area contributed by atoms with Crippen LogP contribution in [0.4, 0.5) is 0 Å². The van der Waals surface area contributed by atoms with Gasteiger partial charge in [0.25, 0.3) is 5.91 Å². The summed E-state index contributed by atoms with van der Waals surface area (Å²) in [5, 5.41) is 12.0. The number of nitrogens with zero attached hydrogens (tertiary/aromatic N) is 2. The number of oxime groups is 1. The molecule has 0 spiro atoms. The molecule has 6 nitrogen and oxygen atoms in total. The van der Waals surface area contributed by atoms with Gasteiger partial charge in [-0.3, -0.25) is 4.79 Å². The molecule has 1 aliphatic heterocycles. The van der Waals surface area contributed by atoms with E-state index in [1.807, 2.05) is 13.8 Å². The van der Waals surface area contributed by atoms with Gasteiger partial charge in [-0.25, -0.2) is 0 Å². The standard InChI is InChI=1S/C15H20N2O4/c1-4-17(5-2)15(18)10(3)21-11-6-7-12-13(16-19)9-20-14(12)8-11/h6-8,10,19H,4-5,9H2,1-3H3. The number of ether oxygens (including phenoxy) is 2. The fourth-order valence-electron chi connectivity index (χ4n) is 2.29. The number of hydrogen-bond acceptors (Lipinski definition) is 5. The van der Waals surface area contributed by atoms with Crippen molar-refractivity contribution in [2.24, 2.45) is 5.16 Å². The van der Waals surface area contributed by atoms with Gasteiger partial charge in [-0.1, -0.05) is 5.16 Å². The maximum absolute atomic E-state index is 12.2. The van der Waals surface area contributed by atoms with Gasteiger partial charge >= 0.3 is 0 Å². The highest BCUT2D eigenvalue weighted by atomic mass is 16.5. The molecule has 1 aliphatic rings. The smallest absolute Gasteiger partial charge is 0.263 e. The number of amides is 1. The van der Waals surface area contributed by atoms with Gasteiger partial charge in [-0.15, -0.1) is 0 Å². The van der Waals surface area contributed by atoms with Crippen molar-refractivity contribution < 1.29 is 19.5 Å². The average Bonchev–Trinajstić information content (AvgIpc) is 2.90. The second-order valence-corrected chi connectivity index (χ2v) is 4.76. The number of likely N-dealkylation sites (N-methyl/N-ethyl adjacent to an activating group) is 1. The van der Waals surface area contributed by atoms with Crippen molar-refractivity contribution in [1.29, 1.82) is 0 Å². The molecule has 114 valence electrons. The summed E-state index contributed by atoms with van der Waals surface area (Å²) in [6, 6.07) is 5.21. The second-order valence-electron chi connectivity index (χ2n) is 4.76. The molecule has 1 unspecified atom stereocenters. The van der Waals surface area contributed by atoms with E-state index in [2.05, 4.69) is 5.16 Å². The van der Waals surface area contributed by atoms with E-state index in [0.717, 1.165) is 5.56 Å². The molecule has 1 aromatic rings. The molecule has 2 rings (SSSR count). The first kappa shape index (κ1) is 15.2. The Balaban J connectivity index is 2.09. The zero-order chi connectivity index (χ0) is 15.4. The van der Waals surface area contributed by atoms with Crippen LogP contribution in [-0.2, 0) is 4.79 Å². The molecule has 0 aliphatic carbocycles. The normalized spacial score (nSPS) is 16.2. The Morgan fingerprint density at radius 3 is 2.81 bits per heavy atom. The summed E-state index contributed by atoms with van der Waals surface area (Å²) in [6.45, 7) is 7.16. The zero-order valence-electron chi connectivity index (χ0n) is 12.5. The van der Waals surface area contributed by atoms with Crippen LogP contribution in [0.25, 0.3) is 0 Å². The van der Waals surface area contributed by atoms with Crippen LogP contribution in [0, 0.1) is 0 Å². The van der Waals surface area contributed by atoms with E-state index in [9.17, 15) is 4.79 Å². The topological polar surface area (TPSA) is 71.4 Å². The first-order valence-electron chi connectivity index (χ1n) is 7.04. The number of hydrogen-bond donors (Lipinski definition) is 1. The van der Waals surface area contributed by atoms with Crippen molar-refractivity contribution in [3.05, 3.63) is 23.8 Å². The SMILES string of the molecule is CCN(CC)C(=O)C(C)Oc1ccc2c(c1)OCC2=NO. The molecule has 0 saturated carbocycles. The summed E-state index contributed by atoms with van der Waals surface area (Å²) in [5.41, 5.74) is 1.23. The van der Waals surface area contributed by atoms with Crippen LogP contribution in [0.15, 0.2) is 23.4 Å². The van der Waals surface area contributed by atoms with Crippen molar-refractivity contribution in [3.8, 4) is 11.5 Å². The van der Waals surface area contributed by atoms with Gasteiger partial charge in [0.15, 0.2) is 6.10 Å². The Kier molecular flexibility index (Phi) is 4.67. The Bertz CT molecular complexity index is 553. The van der Waals surface area contributed by atoms with Crippen LogP contribution in [-0.4, -0.2) is 47.5 Å². The average molecular weight is 292 g/mol. The van der Waals surface area contributed by atoms with Crippen LogP contribution >= 0.6 is 0 Å². The molecular weight excluding hydrogens is 272 g/mol. The van der Waals surface area contributed by atoms with Crippen molar-refractivity contribution in [2.45, 2.75) is 26.9 Å². The lowest BCUT2D eigenvalue weighted by molar-refractivity contribution is -0.137. The van der Waals surface area contributed by atoms with E-state index in [1.54, 1.807) is 30.0 Å². The molecule has 1 aromatic carbocycles. The maximum Gasteiger partial charge on any atom is 0.263 e. The highest BCUT2D eigenvalue weighted by molar-refractivity contribution is 6.06. The van der Waals surface area contributed by atoms with Crippen molar-refractivity contribution in [3.63, 3.8) is 0 Å². The van der Waals surface area contributed by atoms with Gasteiger partial charge in [0.2, 0.25) is 0 Å². The summed E-state index contributed by atoms with van der Waals surface area (Å²) in [4.78, 5) is 13.9. The highest BCUT2D eigenvalue weighted by Crippen LogP contribution is 2.30. The first-order chi connectivity index (χ1) is 10.1. The number of fused-ring (bicyclic) bond motifs is 1. The molecule has 0 saturated heterocycles. The molecule has 0 aromatic heterocycles. The Morgan fingerprint density at radius 1 is 1.48 bits per heavy atom. The minimum Gasteiger partial charge on any atom is -0.486 e. The van der Waals surface area contributed by atoms with E-state index in [-0.39, 0.29) is 12.5 Å². The number of rotatable bonds is 5. The molecule has 1 heterocycles. The summed E-state index contributed by atoms with van der Waals surface area (Å²) in [7, 11) is 0. The summed E-state index contributed by atoms with van der Waals surface area (Å²) in [6.07, 6.45) is -0.560. The fourth-order valence-corrected chi connectivity index (χ4v) is 2.29. The zero-order valence-corrected chi connectivity index (χ0v) is 12.5. The van der Waals surface area contributed by atoms with Crippen LogP contribution in [0.1, 0.15) is 26.3 Å². The molecule has 0 bridgehead atoms. The van der Waals surface area contributed by atoms with Gasteiger partial charge in [-0.2, -0.15) is 0 Å². The third-order valence-electron chi connectivity index (χ3n) is 3.48. The van der Waals surface area contributed by atoms with Crippen molar-refractivity contribution in [1.82, 2.24) is 4.90 Å². The predicted octanol–water partition coefficient (Wildman–Crippen LogP) is 1.89. The van der Waals surface area contributed by atoms with Gasteiger partial charge in [0.1, 0.15) is 23.8 Å². The molecule has 21 heavy (non-hydrogen) atoms. The van der Waals surface area contributed by atoms with Gasteiger partial charge in [0, 0.05) is 24.7 Å². The lowest BCUT2D eigenvalue weighted by atomic mass is 10.1. The lowest BCUT2D eigenvalue weighted by Crippen LogP contribution is -2.40. The van der Waals surface area contributed by atoms with E-state index in [1.165, 1.54) is 0 Å². The van der Waals surface area contributed by atoms with E-state index in [0.29, 0.717) is 30.3 Å². The minimum absolute atomic E-state index is 0.0426. The van der Waals surface area contributed by atoms with Crippen LogP contribution in [0.3, 0.4) is 0 Å². The number of carbonyl (C=O) groups excluding carboxylic acids is 1. The summed E-state index contributed by atoms with van der Waals surface area (Å²) < 4.78 is 11.1. The quantitative estimate of drug-likeness (QED) is 0.664. The largest absolute Gasteiger partial charge is 0.486 e. The second kappa shape index (κ2) is 6.47. The van der Waals surface area contributed by atoms with Gasteiger partial charge in [0.05, 0.1) is 0 Å². The third kappa shape index (κ3) is 3.09. The van der Waals surface area contributed by atoms with Crippen LogP contribution in [0.5, 0.6) is 11.5 Å². The van der Waals surface area contributed by atoms with E-state index >= 15 is 0 Å². The summed E-state index contributed by atoms with van der Waals surface area (Å²) in [5.74, 6) is 1.11. The molecule has 0 fully saturated rings. The molecule has 1 amide bonds. The maximum atomic E-state index is 12.2. The van der Waals surface area contributed by atoms with Gasteiger partial charge in [-0.05, 0) is 32.9 Å². The van der Waals surface area contributed by atoms with Crippen LogP contribution < -0.4 is 9.47 Å². The fraction of sp³-hybridized carbons (Fsp3) is 0.467. The van der Waals surface area contributed by atoms with E-state index < -0.39 is 6.10 Å². The Morgan fingerprint density at radius 2 is 2.19 bits per heavy atom.